The molecule has 0 heterocycles. The molecule has 0 amide bonds. The van der Waals surface area contributed by atoms with E-state index in [0.29, 0.717) is 0 Å². The zero-order chi connectivity index (χ0) is 14.8. The molecule has 1 aromatic rings. The molecule has 3 N–H and O–H groups in total. The Bertz CT molecular complexity index is 500. The van der Waals surface area contributed by atoms with Gasteiger partial charge in [-0.05, 0) is 13.0 Å². The largest absolute Gasteiger partial charge is 0.506 e. The topological polar surface area (TPSA) is 72.5 Å². The number of halogens is 5. The highest BCUT2D eigenvalue weighted by atomic mass is 35.5. The monoisotopic (exact) mass is 349 g/mol. The number of carbonyl (C=O) groups excluding carboxylic acids is 1. The van der Waals surface area contributed by atoms with Crippen molar-refractivity contribution in [3.8, 4) is 5.75 Å². The number of phenolic OH excluding ortho intramolecular Hbond substituents is 1. The van der Waals surface area contributed by atoms with Crippen LogP contribution in [0.1, 0.15) is 18.5 Å². The summed E-state index contributed by atoms with van der Waals surface area (Å²) in [4.78, 5) is 11.1. The van der Waals surface area contributed by atoms with Gasteiger partial charge >= 0.3 is 11.9 Å². The lowest BCUT2D eigenvalue weighted by molar-refractivity contribution is -0.174. The molecule has 0 aliphatic carbocycles. The van der Waals surface area contributed by atoms with Crippen LogP contribution in [0.5, 0.6) is 5.75 Å². The predicted molar refractivity (Wildman–Crippen MR) is 73.9 cm³/mol. The number of aromatic hydroxyl groups is 1. The Kier molecular flexibility index (Phi) is 6.97. The molecular formula is C11H12Cl3F2NO3. The Morgan fingerprint density at radius 2 is 2.05 bits per heavy atom. The lowest BCUT2D eigenvalue weighted by Crippen LogP contribution is -2.41. The van der Waals surface area contributed by atoms with Gasteiger partial charge in [-0.15, -0.1) is 12.4 Å². The third kappa shape index (κ3) is 3.63. The van der Waals surface area contributed by atoms with Crippen molar-refractivity contribution in [3.63, 3.8) is 0 Å². The van der Waals surface area contributed by atoms with Crippen LogP contribution in [0.15, 0.2) is 12.1 Å². The number of carbonyl (C=O) groups is 1. The van der Waals surface area contributed by atoms with Crippen molar-refractivity contribution in [3.05, 3.63) is 27.7 Å². The molecule has 1 aromatic carbocycles. The van der Waals surface area contributed by atoms with Gasteiger partial charge < -0.3 is 15.6 Å². The number of phenols is 1. The summed E-state index contributed by atoms with van der Waals surface area (Å²) in [7, 11) is 0. The Labute approximate surface area is 130 Å². The summed E-state index contributed by atoms with van der Waals surface area (Å²) < 4.78 is 31.7. The highest BCUT2D eigenvalue weighted by Gasteiger charge is 2.48. The molecule has 0 saturated heterocycles. The summed E-state index contributed by atoms with van der Waals surface area (Å²) >= 11 is 11.2. The van der Waals surface area contributed by atoms with E-state index in [1.807, 2.05) is 0 Å². The SMILES string of the molecule is CCOC(=O)C(F)(F)[C@@H](N)c1ccc(Cl)c(Cl)c1O.Cl. The van der Waals surface area contributed by atoms with E-state index in [2.05, 4.69) is 4.74 Å². The zero-order valence-electron chi connectivity index (χ0n) is 10.2. The van der Waals surface area contributed by atoms with Gasteiger partial charge in [-0.1, -0.05) is 29.3 Å². The molecule has 1 atom stereocenters. The summed E-state index contributed by atoms with van der Waals surface area (Å²) in [5.74, 6) is -6.46. The van der Waals surface area contributed by atoms with Crippen molar-refractivity contribution in [2.75, 3.05) is 6.61 Å². The first kappa shape index (κ1) is 19.2. The van der Waals surface area contributed by atoms with E-state index >= 15 is 0 Å². The third-order valence-corrected chi connectivity index (χ3v) is 3.17. The molecule has 0 aromatic heterocycles. The third-order valence-electron chi connectivity index (χ3n) is 2.37. The molecule has 0 bridgehead atoms. The molecule has 4 nitrogen and oxygen atoms in total. The minimum atomic E-state index is -4.00. The molecule has 0 spiro atoms. The standard InChI is InChI=1S/C11H11Cl2F2NO3.ClH/c1-2-19-10(18)11(14,15)9(16)5-3-4-6(12)7(13)8(5)17;/h3-4,9,17H,2,16H2,1H3;1H/t9-;/m0./s1. The van der Waals surface area contributed by atoms with Crippen LogP contribution in [-0.2, 0) is 9.53 Å². The summed E-state index contributed by atoms with van der Waals surface area (Å²) in [6.45, 7) is 1.17. The van der Waals surface area contributed by atoms with Crippen molar-refractivity contribution >= 4 is 41.6 Å². The van der Waals surface area contributed by atoms with Crippen molar-refractivity contribution in [1.29, 1.82) is 0 Å². The lowest BCUT2D eigenvalue weighted by Gasteiger charge is -2.22. The molecule has 0 fully saturated rings. The second-order valence-corrected chi connectivity index (χ2v) is 4.41. The summed E-state index contributed by atoms with van der Waals surface area (Å²) in [5, 5.41) is 9.31. The van der Waals surface area contributed by atoms with E-state index in [0.717, 1.165) is 6.07 Å². The fraction of sp³-hybridized carbons (Fsp3) is 0.364. The molecule has 0 aliphatic heterocycles. The highest BCUT2D eigenvalue weighted by Crippen LogP contribution is 2.41. The molecule has 1 rings (SSSR count). The van der Waals surface area contributed by atoms with E-state index in [1.54, 1.807) is 0 Å². The number of rotatable bonds is 4. The minimum Gasteiger partial charge on any atom is -0.506 e. The molecular weight excluding hydrogens is 338 g/mol. The number of benzene rings is 1. The normalized spacial score (nSPS) is 12.5. The van der Waals surface area contributed by atoms with Crippen LogP contribution >= 0.6 is 35.6 Å². The first-order valence-electron chi connectivity index (χ1n) is 5.20. The van der Waals surface area contributed by atoms with Gasteiger partial charge in [0.2, 0.25) is 0 Å². The number of alkyl halides is 2. The summed E-state index contributed by atoms with van der Waals surface area (Å²) in [6.07, 6.45) is 0. The quantitative estimate of drug-likeness (QED) is 0.817. The van der Waals surface area contributed by atoms with E-state index in [4.69, 9.17) is 28.9 Å². The van der Waals surface area contributed by atoms with Crippen molar-refractivity contribution in [2.45, 2.75) is 18.9 Å². The van der Waals surface area contributed by atoms with E-state index in [-0.39, 0.29) is 29.1 Å². The van der Waals surface area contributed by atoms with Gasteiger partial charge in [0, 0.05) is 5.56 Å². The van der Waals surface area contributed by atoms with Crippen molar-refractivity contribution in [1.82, 2.24) is 0 Å². The lowest BCUT2D eigenvalue weighted by atomic mass is 10.0. The molecule has 0 saturated carbocycles. The van der Waals surface area contributed by atoms with Crippen LogP contribution in [0.25, 0.3) is 0 Å². The predicted octanol–water partition coefficient (Wildman–Crippen LogP) is 3.32. The van der Waals surface area contributed by atoms with Crippen molar-refractivity contribution in [2.24, 2.45) is 5.73 Å². The first-order valence-corrected chi connectivity index (χ1v) is 5.96. The second-order valence-electron chi connectivity index (χ2n) is 3.62. The smallest absolute Gasteiger partial charge is 0.379 e. The molecule has 114 valence electrons. The molecule has 20 heavy (non-hydrogen) atoms. The van der Waals surface area contributed by atoms with Crippen LogP contribution < -0.4 is 5.73 Å². The maximum atomic E-state index is 13.7. The Morgan fingerprint density at radius 1 is 1.50 bits per heavy atom. The number of nitrogens with two attached hydrogens (primary N) is 1. The second kappa shape index (κ2) is 7.26. The maximum Gasteiger partial charge on any atom is 0.379 e. The molecule has 0 radical (unpaired) electrons. The highest BCUT2D eigenvalue weighted by molar-refractivity contribution is 6.43. The van der Waals surface area contributed by atoms with Crippen molar-refractivity contribution < 1.29 is 23.4 Å². The van der Waals surface area contributed by atoms with Gasteiger partial charge in [-0.25, -0.2) is 4.79 Å². The number of hydrogen-bond acceptors (Lipinski definition) is 4. The Balaban J connectivity index is 0.00000361. The van der Waals surface area contributed by atoms with Crippen LogP contribution in [0.4, 0.5) is 8.78 Å². The zero-order valence-corrected chi connectivity index (χ0v) is 12.5. The fourth-order valence-electron chi connectivity index (χ4n) is 1.36. The first-order chi connectivity index (χ1) is 8.73. The molecule has 0 aliphatic rings. The minimum absolute atomic E-state index is 0. The summed E-state index contributed by atoms with van der Waals surface area (Å²) in [6, 6.07) is 0.169. The molecule has 0 unspecified atom stereocenters. The number of ether oxygens (including phenoxy) is 1. The van der Waals surface area contributed by atoms with Gasteiger partial charge in [-0.3, -0.25) is 0 Å². The Morgan fingerprint density at radius 3 is 2.55 bits per heavy atom. The van der Waals surface area contributed by atoms with Crippen LogP contribution in [-0.4, -0.2) is 23.6 Å². The fourth-order valence-corrected chi connectivity index (χ4v) is 1.68. The van der Waals surface area contributed by atoms with Gasteiger partial charge in [0.15, 0.2) is 0 Å². The van der Waals surface area contributed by atoms with E-state index in [1.165, 1.54) is 13.0 Å². The van der Waals surface area contributed by atoms with Gasteiger partial charge in [-0.2, -0.15) is 8.78 Å². The number of esters is 1. The number of hydrogen-bond donors (Lipinski definition) is 2. The van der Waals surface area contributed by atoms with Gasteiger partial charge in [0.25, 0.3) is 0 Å². The van der Waals surface area contributed by atoms with Crippen LogP contribution in [0.2, 0.25) is 10.0 Å². The van der Waals surface area contributed by atoms with E-state index in [9.17, 15) is 18.7 Å². The average molecular weight is 351 g/mol. The average Bonchev–Trinajstić information content (AvgIpc) is 2.35. The van der Waals surface area contributed by atoms with Crippen LogP contribution in [0, 0.1) is 0 Å². The maximum absolute atomic E-state index is 13.7. The summed E-state index contributed by atoms with van der Waals surface area (Å²) in [5.41, 5.74) is 4.92. The Hall–Kier alpha value is -0.820. The van der Waals surface area contributed by atoms with E-state index < -0.39 is 29.2 Å². The van der Waals surface area contributed by atoms with Gasteiger partial charge in [0.1, 0.15) is 16.8 Å². The van der Waals surface area contributed by atoms with Crippen LogP contribution in [0.3, 0.4) is 0 Å². The molecule has 9 heteroatoms. The van der Waals surface area contributed by atoms with Gasteiger partial charge in [0.05, 0.1) is 11.6 Å².